The first-order chi connectivity index (χ1) is 16.9. The van der Waals surface area contributed by atoms with Crippen LogP contribution >= 0.6 is 0 Å². The molecule has 0 unspecified atom stereocenters. The van der Waals surface area contributed by atoms with Gasteiger partial charge in [-0.1, -0.05) is 48.5 Å². The minimum atomic E-state index is -3.71. The Balaban J connectivity index is 1.31. The number of aromatic amines is 1. The number of para-hydroxylation sites is 2. The second-order valence-corrected chi connectivity index (χ2v) is 10.4. The summed E-state index contributed by atoms with van der Waals surface area (Å²) in [6, 6.07) is 20.5. The highest BCUT2D eigenvalue weighted by Crippen LogP contribution is 2.28. The normalized spacial score (nSPS) is 11.8. The maximum absolute atomic E-state index is 13.2. The molecule has 1 amide bonds. The van der Waals surface area contributed by atoms with Crippen LogP contribution in [0.2, 0.25) is 0 Å². The number of fused-ring (bicyclic) bond motifs is 2. The summed E-state index contributed by atoms with van der Waals surface area (Å²) in [5.41, 5.74) is 3.35. The fraction of sp³-hybridized carbons (Fsp3) is 0.148. The highest BCUT2D eigenvalue weighted by molar-refractivity contribution is 7.90. The SMILES string of the molecule is O=C(Cn1cc(S(=O)(=O)Cc2ccc(F)cc2)c2ccccc21)NCCc1c[nH]c2ccccc12. The van der Waals surface area contributed by atoms with Crippen molar-refractivity contribution >= 4 is 37.6 Å². The first-order valence-corrected chi connectivity index (χ1v) is 12.9. The Morgan fingerprint density at radius 3 is 2.46 bits per heavy atom. The first kappa shape index (κ1) is 22.9. The molecule has 35 heavy (non-hydrogen) atoms. The summed E-state index contributed by atoms with van der Waals surface area (Å²) in [6.45, 7) is 0.468. The van der Waals surface area contributed by atoms with Gasteiger partial charge in [-0.05, 0) is 41.8 Å². The van der Waals surface area contributed by atoms with Gasteiger partial charge in [0, 0.05) is 40.7 Å². The predicted octanol–water partition coefficient (Wildman–Crippen LogP) is 4.59. The molecule has 3 aromatic carbocycles. The quantitative estimate of drug-likeness (QED) is 0.334. The van der Waals surface area contributed by atoms with Crippen molar-refractivity contribution < 1.29 is 17.6 Å². The van der Waals surface area contributed by atoms with E-state index in [1.165, 1.54) is 30.5 Å². The number of hydrogen-bond acceptors (Lipinski definition) is 3. The zero-order chi connectivity index (χ0) is 24.4. The lowest BCUT2D eigenvalue weighted by atomic mass is 10.1. The van der Waals surface area contributed by atoms with E-state index in [0.717, 1.165) is 16.5 Å². The van der Waals surface area contributed by atoms with E-state index in [0.29, 0.717) is 29.4 Å². The Morgan fingerprint density at radius 2 is 1.66 bits per heavy atom. The van der Waals surface area contributed by atoms with Crippen molar-refractivity contribution in [2.24, 2.45) is 0 Å². The fourth-order valence-electron chi connectivity index (χ4n) is 4.36. The molecule has 0 aliphatic rings. The lowest BCUT2D eigenvalue weighted by molar-refractivity contribution is -0.121. The van der Waals surface area contributed by atoms with Crippen LogP contribution in [0.1, 0.15) is 11.1 Å². The third kappa shape index (κ3) is 4.83. The van der Waals surface area contributed by atoms with Crippen molar-refractivity contribution in [1.82, 2.24) is 14.9 Å². The number of rotatable bonds is 8. The monoisotopic (exact) mass is 489 g/mol. The molecule has 0 saturated carbocycles. The summed E-state index contributed by atoms with van der Waals surface area (Å²) in [7, 11) is -3.71. The van der Waals surface area contributed by atoms with E-state index in [1.807, 2.05) is 36.5 Å². The third-order valence-corrected chi connectivity index (χ3v) is 7.77. The number of carbonyl (C=O) groups excluding carboxylic acids is 1. The standard InChI is InChI=1S/C27H24FN3O3S/c28-21-11-9-19(10-12-21)18-35(33,34)26-16-31(25-8-4-2-6-23(25)26)17-27(32)29-14-13-20-15-30-24-7-3-1-5-22(20)24/h1-12,15-16,30H,13-14,17-18H2,(H,29,32). The maximum Gasteiger partial charge on any atom is 0.239 e. The summed E-state index contributed by atoms with van der Waals surface area (Å²) in [5, 5.41) is 4.62. The minimum Gasteiger partial charge on any atom is -0.361 e. The third-order valence-electron chi connectivity index (χ3n) is 6.06. The molecule has 0 saturated heterocycles. The first-order valence-electron chi connectivity index (χ1n) is 11.3. The van der Waals surface area contributed by atoms with Gasteiger partial charge in [0.2, 0.25) is 5.91 Å². The van der Waals surface area contributed by atoms with Crippen LogP contribution in [0.5, 0.6) is 0 Å². The Hall–Kier alpha value is -3.91. The molecule has 2 aromatic heterocycles. The molecule has 0 spiro atoms. The molecule has 6 nitrogen and oxygen atoms in total. The average molecular weight is 490 g/mol. The lowest BCUT2D eigenvalue weighted by Crippen LogP contribution is -2.29. The van der Waals surface area contributed by atoms with Crippen molar-refractivity contribution in [2.45, 2.75) is 23.6 Å². The van der Waals surface area contributed by atoms with Crippen LogP contribution in [-0.4, -0.2) is 30.4 Å². The van der Waals surface area contributed by atoms with Crippen molar-refractivity contribution in [3.8, 4) is 0 Å². The molecule has 0 radical (unpaired) electrons. The van der Waals surface area contributed by atoms with Crippen LogP contribution in [-0.2, 0) is 33.4 Å². The number of halogens is 1. The number of sulfone groups is 1. The predicted molar refractivity (Wildman–Crippen MR) is 134 cm³/mol. The Labute approximate surface area is 202 Å². The van der Waals surface area contributed by atoms with E-state index in [-0.39, 0.29) is 23.1 Å². The van der Waals surface area contributed by atoms with Gasteiger partial charge in [0.25, 0.3) is 0 Å². The van der Waals surface area contributed by atoms with Gasteiger partial charge in [-0.25, -0.2) is 12.8 Å². The molecule has 0 aliphatic carbocycles. The van der Waals surface area contributed by atoms with Crippen molar-refractivity contribution in [3.05, 3.63) is 102 Å². The van der Waals surface area contributed by atoms with E-state index in [4.69, 9.17) is 0 Å². The van der Waals surface area contributed by atoms with Crippen LogP contribution in [0.15, 0.2) is 90.1 Å². The molecular formula is C27H24FN3O3S. The zero-order valence-corrected chi connectivity index (χ0v) is 19.7. The topological polar surface area (TPSA) is 84.0 Å². The molecule has 2 N–H and O–H groups in total. The molecule has 0 fully saturated rings. The van der Waals surface area contributed by atoms with Gasteiger partial charge >= 0.3 is 0 Å². The number of benzene rings is 3. The summed E-state index contributed by atoms with van der Waals surface area (Å²) in [5.74, 6) is -0.871. The molecule has 5 rings (SSSR count). The van der Waals surface area contributed by atoms with Crippen LogP contribution in [0.25, 0.3) is 21.8 Å². The molecule has 8 heteroatoms. The molecule has 2 heterocycles. The second kappa shape index (κ2) is 9.38. The van der Waals surface area contributed by atoms with Crippen molar-refractivity contribution in [2.75, 3.05) is 6.54 Å². The zero-order valence-electron chi connectivity index (χ0n) is 18.9. The number of amides is 1. The molecule has 0 atom stereocenters. The average Bonchev–Trinajstić information content (AvgIpc) is 3.43. The van der Waals surface area contributed by atoms with Crippen LogP contribution < -0.4 is 5.32 Å². The number of hydrogen-bond donors (Lipinski definition) is 2. The molecule has 178 valence electrons. The van der Waals surface area contributed by atoms with E-state index in [2.05, 4.69) is 10.3 Å². The van der Waals surface area contributed by atoms with Gasteiger partial charge in [-0.3, -0.25) is 4.79 Å². The van der Waals surface area contributed by atoms with Crippen molar-refractivity contribution in [1.29, 1.82) is 0 Å². The van der Waals surface area contributed by atoms with Gasteiger partial charge < -0.3 is 14.9 Å². The molecular weight excluding hydrogens is 465 g/mol. The number of nitrogens with one attached hydrogen (secondary N) is 2. The Morgan fingerprint density at radius 1 is 0.943 bits per heavy atom. The largest absolute Gasteiger partial charge is 0.361 e. The Bertz CT molecular complexity index is 1620. The summed E-state index contributed by atoms with van der Waals surface area (Å²) < 4.78 is 41.3. The number of aromatic nitrogens is 2. The summed E-state index contributed by atoms with van der Waals surface area (Å²) >= 11 is 0. The van der Waals surface area contributed by atoms with E-state index >= 15 is 0 Å². The second-order valence-electron chi connectivity index (χ2n) is 8.48. The van der Waals surface area contributed by atoms with Gasteiger partial charge in [0.15, 0.2) is 9.84 Å². The van der Waals surface area contributed by atoms with Crippen LogP contribution in [0.4, 0.5) is 4.39 Å². The van der Waals surface area contributed by atoms with E-state index in [1.54, 1.807) is 22.8 Å². The fourth-order valence-corrected chi connectivity index (χ4v) is 5.94. The smallest absolute Gasteiger partial charge is 0.239 e. The van der Waals surface area contributed by atoms with Gasteiger partial charge in [0.1, 0.15) is 12.4 Å². The molecule has 0 bridgehead atoms. The number of carbonyl (C=O) groups is 1. The van der Waals surface area contributed by atoms with Crippen molar-refractivity contribution in [3.63, 3.8) is 0 Å². The number of H-pyrrole nitrogens is 1. The van der Waals surface area contributed by atoms with E-state index in [9.17, 15) is 17.6 Å². The summed E-state index contributed by atoms with van der Waals surface area (Å²) in [6.07, 6.45) is 4.15. The molecule has 5 aromatic rings. The number of nitrogens with zero attached hydrogens (tertiary/aromatic N) is 1. The Kier molecular flexibility index (Phi) is 6.13. The highest BCUT2D eigenvalue weighted by atomic mass is 32.2. The van der Waals surface area contributed by atoms with Gasteiger partial charge in [-0.15, -0.1) is 0 Å². The van der Waals surface area contributed by atoms with E-state index < -0.39 is 15.7 Å². The highest BCUT2D eigenvalue weighted by Gasteiger charge is 2.22. The van der Waals surface area contributed by atoms with Gasteiger partial charge in [0.05, 0.1) is 10.6 Å². The maximum atomic E-state index is 13.2. The molecule has 0 aliphatic heterocycles. The van der Waals surface area contributed by atoms with Crippen LogP contribution in [0.3, 0.4) is 0 Å². The minimum absolute atomic E-state index is 0.000462. The van der Waals surface area contributed by atoms with Crippen LogP contribution in [0, 0.1) is 5.82 Å². The summed E-state index contributed by atoms with van der Waals surface area (Å²) in [4.78, 5) is 16.1. The van der Waals surface area contributed by atoms with Gasteiger partial charge in [-0.2, -0.15) is 0 Å². The lowest BCUT2D eigenvalue weighted by Gasteiger charge is -2.07.